The van der Waals surface area contributed by atoms with Gasteiger partial charge >= 0.3 is 0 Å². The molecule has 106 valence electrons. The summed E-state index contributed by atoms with van der Waals surface area (Å²) in [7, 11) is 2.06. The van der Waals surface area contributed by atoms with Crippen LogP contribution in [0, 0.1) is 11.6 Å². The highest BCUT2D eigenvalue weighted by atomic mass is 19.1. The van der Waals surface area contributed by atoms with Crippen LogP contribution in [0.25, 0.3) is 0 Å². The molecule has 1 aromatic carbocycles. The molecule has 1 atom stereocenters. The van der Waals surface area contributed by atoms with Gasteiger partial charge in [-0.3, -0.25) is 4.90 Å². The summed E-state index contributed by atoms with van der Waals surface area (Å²) in [6, 6.07) is 3.60. The Morgan fingerprint density at radius 3 is 2.47 bits per heavy atom. The van der Waals surface area contributed by atoms with Gasteiger partial charge in [0.05, 0.1) is 6.04 Å². The minimum atomic E-state index is -0.506. The van der Waals surface area contributed by atoms with E-state index < -0.39 is 11.6 Å². The van der Waals surface area contributed by atoms with Crippen molar-refractivity contribution in [3.05, 3.63) is 35.4 Å². The summed E-state index contributed by atoms with van der Waals surface area (Å²) in [5.41, 5.74) is 5.88. The number of nitrogens with zero attached hydrogens (tertiary/aromatic N) is 2. The molecule has 1 fully saturated rings. The van der Waals surface area contributed by atoms with Gasteiger partial charge in [-0.05, 0) is 32.1 Å². The van der Waals surface area contributed by atoms with Gasteiger partial charge < -0.3 is 10.6 Å². The van der Waals surface area contributed by atoms with Crippen LogP contribution in [0.4, 0.5) is 8.78 Å². The Kier molecular flexibility index (Phi) is 4.85. The molecule has 1 unspecified atom stereocenters. The lowest BCUT2D eigenvalue weighted by Gasteiger charge is -2.30. The molecule has 2 N–H and O–H groups in total. The molecule has 0 spiro atoms. The van der Waals surface area contributed by atoms with Crippen LogP contribution in [0.2, 0.25) is 0 Å². The normalized spacial score (nSPS) is 20.2. The molecule has 0 amide bonds. The van der Waals surface area contributed by atoms with Crippen LogP contribution in [0.3, 0.4) is 0 Å². The van der Waals surface area contributed by atoms with Crippen molar-refractivity contribution >= 4 is 0 Å². The maximum Gasteiger partial charge on any atom is 0.130 e. The van der Waals surface area contributed by atoms with E-state index in [4.69, 9.17) is 5.73 Å². The topological polar surface area (TPSA) is 32.5 Å². The van der Waals surface area contributed by atoms with E-state index in [1.165, 1.54) is 18.2 Å². The van der Waals surface area contributed by atoms with Gasteiger partial charge in [0, 0.05) is 31.7 Å². The lowest BCUT2D eigenvalue weighted by molar-refractivity contribution is 0.200. The Bertz CT molecular complexity index is 405. The molecule has 1 aliphatic rings. The van der Waals surface area contributed by atoms with Crippen molar-refractivity contribution in [3.8, 4) is 0 Å². The molecule has 0 radical (unpaired) electrons. The number of hydrogen-bond donors (Lipinski definition) is 1. The van der Waals surface area contributed by atoms with Gasteiger partial charge in [0.1, 0.15) is 11.6 Å². The van der Waals surface area contributed by atoms with Crippen LogP contribution in [0.1, 0.15) is 18.0 Å². The average molecular weight is 269 g/mol. The Balaban J connectivity index is 2.24. The Hall–Kier alpha value is -1.04. The number of hydrogen-bond acceptors (Lipinski definition) is 3. The van der Waals surface area contributed by atoms with Crippen molar-refractivity contribution in [3.63, 3.8) is 0 Å². The fraction of sp³-hybridized carbons (Fsp3) is 0.571. The molecule has 3 nitrogen and oxygen atoms in total. The first-order chi connectivity index (χ1) is 9.13. The molecular weight excluding hydrogens is 248 g/mol. The molecule has 0 bridgehead atoms. The number of nitrogens with two attached hydrogens (primary N) is 1. The van der Waals surface area contributed by atoms with Gasteiger partial charge in [-0.1, -0.05) is 6.07 Å². The van der Waals surface area contributed by atoms with Gasteiger partial charge in [-0.15, -0.1) is 0 Å². The van der Waals surface area contributed by atoms with Gasteiger partial charge in [-0.25, -0.2) is 8.78 Å². The minimum absolute atomic E-state index is 0.106. The van der Waals surface area contributed by atoms with Crippen LogP contribution < -0.4 is 5.73 Å². The molecule has 1 heterocycles. The van der Waals surface area contributed by atoms with Crippen LogP contribution >= 0.6 is 0 Å². The van der Waals surface area contributed by atoms with Crippen molar-refractivity contribution in [2.24, 2.45) is 5.73 Å². The fourth-order valence-electron chi connectivity index (χ4n) is 2.66. The molecule has 5 heteroatoms. The smallest absolute Gasteiger partial charge is 0.130 e. The summed E-state index contributed by atoms with van der Waals surface area (Å²) in [5, 5.41) is 0. The highest BCUT2D eigenvalue weighted by Gasteiger charge is 2.26. The number of rotatable bonds is 3. The monoisotopic (exact) mass is 269 g/mol. The second kappa shape index (κ2) is 6.41. The highest BCUT2D eigenvalue weighted by molar-refractivity contribution is 5.24. The number of benzene rings is 1. The molecule has 19 heavy (non-hydrogen) atoms. The fourth-order valence-corrected chi connectivity index (χ4v) is 2.66. The van der Waals surface area contributed by atoms with Crippen molar-refractivity contribution < 1.29 is 8.78 Å². The van der Waals surface area contributed by atoms with Crippen molar-refractivity contribution in [2.45, 2.75) is 12.5 Å². The van der Waals surface area contributed by atoms with E-state index in [2.05, 4.69) is 16.8 Å². The second-order valence-electron chi connectivity index (χ2n) is 5.08. The quantitative estimate of drug-likeness (QED) is 0.904. The first-order valence-electron chi connectivity index (χ1n) is 6.70. The second-order valence-corrected chi connectivity index (χ2v) is 5.08. The standard InChI is InChI=1S/C14H21F2N3/c1-18-6-3-7-19(9-8-18)13(10-17)14-11(15)4-2-5-12(14)16/h2,4-5,13H,3,6-10,17H2,1H3. The van der Waals surface area contributed by atoms with Gasteiger partial charge in [-0.2, -0.15) is 0 Å². The van der Waals surface area contributed by atoms with E-state index in [1.54, 1.807) is 0 Å². The van der Waals surface area contributed by atoms with Crippen molar-refractivity contribution in [1.29, 1.82) is 0 Å². The summed E-state index contributed by atoms with van der Waals surface area (Å²) in [6.07, 6.45) is 0.989. The Morgan fingerprint density at radius 1 is 1.16 bits per heavy atom. The molecular formula is C14H21F2N3. The lowest BCUT2D eigenvalue weighted by Crippen LogP contribution is -2.37. The van der Waals surface area contributed by atoms with E-state index in [9.17, 15) is 8.78 Å². The molecule has 0 aliphatic carbocycles. The van der Waals surface area contributed by atoms with E-state index in [-0.39, 0.29) is 18.2 Å². The predicted molar refractivity (Wildman–Crippen MR) is 71.8 cm³/mol. The molecule has 2 rings (SSSR count). The van der Waals surface area contributed by atoms with E-state index in [0.717, 1.165) is 32.6 Å². The highest BCUT2D eigenvalue weighted by Crippen LogP contribution is 2.26. The third-order valence-electron chi connectivity index (χ3n) is 3.75. The minimum Gasteiger partial charge on any atom is -0.329 e. The maximum absolute atomic E-state index is 13.9. The van der Waals surface area contributed by atoms with Crippen LogP contribution in [0.15, 0.2) is 18.2 Å². The predicted octanol–water partition coefficient (Wildman–Crippen LogP) is 1.60. The Morgan fingerprint density at radius 2 is 1.84 bits per heavy atom. The van der Waals surface area contributed by atoms with Gasteiger partial charge in [0.25, 0.3) is 0 Å². The maximum atomic E-state index is 13.9. The van der Waals surface area contributed by atoms with E-state index >= 15 is 0 Å². The average Bonchev–Trinajstić information content (AvgIpc) is 2.59. The lowest BCUT2D eigenvalue weighted by atomic mass is 10.0. The van der Waals surface area contributed by atoms with Crippen LogP contribution in [-0.2, 0) is 0 Å². The first kappa shape index (κ1) is 14.4. The zero-order valence-electron chi connectivity index (χ0n) is 11.3. The molecule has 0 aromatic heterocycles. The van der Waals surface area contributed by atoms with E-state index in [0.29, 0.717) is 0 Å². The Labute approximate surface area is 113 Å². The zero-order chi connectivity index (χ0) is 13.8. The first-order valence-corrected chi connectivity index (χ1v) is 6.70. The van der Waals surface area contributed by atoms with Gasteiger partial charge in [0.2, 0.25) is 0 Å². The van der Waals surface area contributed by atoms with Crippen LogP contribution in [-0.4, -0.2) is 49.6 Å². The van der Waals surface area contributed by atoms with E-state index in [1.807, 2.05) is 0 Å². The van der Waals surface area contributed by atoms with Crippen molar-refractivity contribution in [2.75, 3.05) is 39.8 Å². The third kappa shape index (κ3) is 3.29. The van der Waals surface area contributed by atoms with Gasteiger partial charge in [0.15, 0.2) is 0 Å². The zero-order valence-corrected chi connectivity index (χ0v) is 11.3. The van der Waals surface area contributed by atoms with Crippen LogP contribution in [0.5, 0.6) is 0 Å². The largest absolute Gasteiger partial charge is 0.329 e. The molecule has 1 aromatic rings. The number of likely N-dealkylation sites (N-methyl/N-ethyl adjacent to an activating group) is 1. The van der Waals surface area contributed by atoms with Crippen molar-refractivity contribution in [1.82, 2.24) is 9.80 Å². The number of halogens is 2. The summed E-state index contributed by atoms with van der Waals surface area (Å²) < 4.78 is 27.8. The molecule has 0 saturated carbocycles. The summed E-state index contributed by atoms with van der Waals surface area (Å²) >= 11 is 0. The summed E-state index contributed by atoms with van der Waals surface area (Å²) in [6.45, 7) is 3.73. The molecule has 1 aliphatic heterocycles. The third-order valence-corrected chi connectivity index (χ3v) is 3.75. The molecule has 1 saturated heterocycles. The summed E-state index contributed by atoms with van der Waals surface area (Å²) in [5.74, 6) is -1.01. The SMILES string of the molecule is CN1CCCN(C(CN)c2c(F)cccc2F)CC1. The summed E-state index contributed by atoms with van der Waals surface area (Å²) in [4.78, 5) is 4.32.